The summed E-state index contributed by atoms with van der Waals surface area (Å²) in [6, 6.07) is 12.4. The number of hydrogen-bond donors (Lipinski definition) is 1. The SMILES string of the molecule is CC(N)c1ccc2ccccc2c1OCCC1CCCO1. The Labute approximate surface area is 126 Å². The van der Waals surface area contributed by atoms with Crippen molar-refractivity contribution >= 4 is 10.8 Å². The van der Waals surface area contributed by atoms with Crippen molar-refractivity contribution in [1.82, 2.24) is 0 Å². The first-order valence-electron chi connectivity index (χ1n) is 7.77. The normalized spacial score (nSPS) is 19.8. The van der Waals surface area contributed by atoms with Crippen LogP contribution in [0.5, 0.6) is 5.75 Å². The summed E-state index contributed by atoms with van der Waals surface area (Å²) in [5.41, 5.74) is 7.17. The highest BCUT2D eigenvalue weighted by Gasteiger charge is 2.17. The predicted molar refractivity (Wildman–Crippen MR) is 85.6 cm³/mol. The van der Waals surface area contributed by atoms with E-state index in [1.807, 2.05) is 19.1 Å². The molecule has 112 valence electrons. The predicted octanol–water partition coefficient (Wildman–Crippen LogP) is 3.81. The van der Waals surface area contributed by atoms with E-state index in [9.17, 15) is 0 Å². The van der Waals surface area contributed by atoms with Crippen molar-refractivity contribution in [2.45, 2.75) is 38.3 Å². The van der Waals surface area contributed by atoms with Crippen molar-refractivity contribution in [1.29, 1.82) is 0 Å². The molecule has 0 bridgehead atoms. The van der Waals surface area contributed by atoms with Gasteiger partial charge in [-0.15, -0.1) is 0 Å². The van der Waals surface area contributed by atoms with E-state index in [1.54, 1.807) is 0 Å². The second-order valence-electron chi connectivity index (χ2n) is 5.77. The van der Waals surface area contributed by atoms with E-state index in [0.717, 1.165) is 36.1 Å². The number of ether oxygens (including phenoxy) is 2. The number of hydrogen-bond acceptors (Lipinski definition) is 3. The molecule has 1 fully saturated rings. The fourth-order valence-corrected chi connectivity index (χ4v) is 2.94. The molecular weight excluding hydrogens is 262 g/mol. The highest BCUT2D eigenvalue weighted by atomic mass is 16.5. The van der Waals surface area contributed by atoms with E-state index in [-0.39, 0.29) is 6.04 Å². The van der Waals surface area contributed by atoms with Gasteiger partial charge in [0.2, 0.25) is 0 Å². The van der Waals surface area contributed by atoms with Gasteiger partial charge < -0.3 is 15.2 Å². The van der Waals surface area contributed by atoms with Crippen LogP contribution in [0.4, 0.5) is 0 Å². The Balaban J connectivity index is 1.82. The van der Waals surface area contributed by atoms with Crippen LogP contribution in [0.15, 0.2) is 36.4 Å². The average molecular weight is 285 g/mol. The number of nitrogens with two attached hydrogens (primary N) is 1. The highest BCUT2D eigenvalue weighted by Crippen LogP contribution is 2.33. The molecule has 1 aliphatic heterocycles. The van der Waals surface area contributed by atoms with E-state index in [4.69, 9.17) is 15.2 Å². The Hall–Kier alpha value is -1.58. The van der Waals surface area contributed by atoms with Crippen LogP contribution in [0.1, 0.15) is 37.8 Å². The van der Waals surface area contributed by atoms with E-state index in [0.29, 0.717) is 12.7 Å². The lowest BCUT2D eigenvalue weighted by atomic mass is 10.0. The molecule has 2 aromatic rings. The molecule has 2 aromatic carbocycles. The molecule has 21 heavy (non-hydrogen) atoms. The van der Waals surface area contributed by atoms with Crippen molar-refractivity contribution in [3.05, 3.63) is 42.0 Å². The van der Waals surface area contributed by atoms with Crippen LogP contribution in [0.3, 0.4) is 0 Å². The van der Waals surface area contributed by atoms with Gasteiger partial charge in [0.1, 0.15) is 5.75 Å². The summed E-state index contributed by atoms with van der Waals surface area (Å²) >= 11 is 0. The maximum atomic E-state index is 6.11. The molecule has 0 aliphatic carbocycles. The molecule has 0 amide bonds. The maximum absolute atomic E-state index is 6.11. The van der Waals surface area contributed by atoms with Crippen LogP contribution in [0.2, 0.25) is 0 Å². The van der Waals surface area contributed by atoms with Gasteiger partial charge in [-0.3, -0.25) is 0 Å². The van der Waals surface area contributed by atoms with Gasteiger partial charge in [-0.05, 0) is 25.2 Å². The van der Waals surface area contributed by atoms with Gasteiger partial charge in [0.15, 0.2) is 0 Å². The molecular formula is C18H23NO2. The van der Waals surface area contributed by atoms with Gasteiger partial charge in [-0.1, -0.05) is 36.4 Å². The quantitative estimate of drug-likeness (QED) is 0.908. The van der Waals surface area contributed by atoms with Crippen molar-refractivity contribution in [3.63, 3.8) is 0 Å². The second-order valence-corrected chi connectivity index (χ2v) is 5.77. The van der Waals surface area contributed by atoms with Crippen LogP contribution in [-0.2, 0) is 4.74 Å². The zero-order chi connectivity index (χ0) is 14.7. The molecule has 0 spiro atoms. The molecule has 1 heterocycles. The Kier molecular flexibility index (Phi) is 4.42. The third-order valence-corrected chi connectivity index (χ3v) is 4.11. The maximum Gasteiger partial charge on any atom is 0.131 e. The standard InChI is InChI=1S/C18H23NO2/c1-13(19)16-9-8-14-5-2-3-7-17(14)18(16)21-12-10-15-6-4-11-20-15/h2-3,5,7-9,13,15H,4,6,10-12,19H2,1H3. The summed E-state index contributed by atoms with van der Waals surface area (Å²) in [7, 11) is 0. The van der Waals surface area contributed by atoms with Crippen LogP contribution < -0.4 is 10.5 Å². The number of benzene rings is 2. The molecule has 0 radical (unpaired) electrons. The molecule has 3 heteroatoms. The lowest BCUT2D eigenvalue weighted by Crippen LogP contribution is -2.13. The first-order valence-corrected chi connectivity index (χ1v) is 7.77. The van der Waals surface area contributed by atoms with Crippen LogP contribution in [-0.4, -0.2) is 19.3 Å². The lowest BCUT2D eigenvalue weighted by molar-refractivity contribution is 0.0904. The molecule has 2 unspecified atom stereocenters. The molecule has 3 nitrogen and oxygen atoms in total. The van der Waals surface area contributed by atoms with Gasteiger partial charge >= 0.3 is 0 Å². The molecule has 0 aromatic heterocycles. The zero-order valence-corrected chi connectivity index (χ0v) is 12.5. The first-order chi connectivity index (χ1) is 10.3. The second kappa shape index (κ2) is 6.46. The number of rotatable bonds is 5. The Morgan fingerprint density at radius 1 is 1.29 bits per heavy atom. The summed E-state index contributed by atoms with van der Waals surface area (Å²) in [4.78, 5) is 0. The molecule has 1 saturated heterocycles. The van der Waals surface area contributed by atoms with Crippen molar-refractivity contribution < 1.29 is 9.47 Å². The molecule has 3 rings (SSSR count). The van der Waals surface area contributed by atoms with Gasteiger partial charge in [0.25, 0.3) is 0 Å². The summed E-state index contributed by atoms with van der Waals surface area (Å²) in [6.45, 7) is 3.57. The smallest absolute Gasteiger partial charge is 0.131 e. The third-order valence-electron chi connectivity index (χ3n) is 4.11. The van der Waals surface area contributed by atoms with Gasteiger partial charge in [0.05, 0.1) is 12.7 Å². The number of fused-ring (bicyclic) bond motifs is 1. The van der Waals surface area contributed by atoms with Crippen molar-refractivity contribution in [2.75, 3.05) is 13.2 Å². The fourth-order valence-electron chi connectivity index (χ4n) is 2.94. The zero-order valence-electron chi connectivity index (χ0n) is 12.5. The highest BCUT2D eigenvalue weighted by molar-refractivity contribution is 5.89. The summed E-state index contributed by atoms with van der Waals surface area (Å²) < 4.78 is 11.8. The van der Waals surface area contributed by atoms with Crippen LogP contribution >= 0.6 is 0 Å². The third kappa shape index (κ3) is 3.20. The van der Waals surface area contributed by atoms with E-state index < -0.39 is 0 Å². The Bertz CT molecular complexity index is 603. The minimum absolute atomic E-state index is 0.0349. The van der Waals surface area contributed by atoms with Crippen LogP contribution in [0, 0.1) is 0 Å². The topological polar surface area (TPSA) is 44.5 Å². The molecule has 1 aliphatic rings. The summed E-state index contributed by atoms with van der Waals surface area (Å²) in [5.74, 6) is 0.932. The molecule has 2 atom stereocenters. The Morgan fingerprint density at radius 2 is 2.14 bits per heavy atom. The fraction of sp³-hybridized carbons (Fsp3) is 0.444. The van der Waals surface area contributed by atoms with E-state index in [1.165, 1.54) is 11.8 Å². The molecule has 2 N–H and O–H groups in total. The minimum atomic E-state index is -0.0349. The summed E-state index contributed by atoms with van der Waals surface area (Å²) in [6.07, 6.45) is 3.63. The van der Waals surface area contributed by atoms with Gasteiger partial charge in [0, 0.05) is 30.0 Å². The minimum Gasteiger partial charge on any atom is -0.492 e. The largest absolute Gasteiger partial charge is 0.492 e. The lowest BCUT2D eigenvalue weighted by Gasteiger charge is -2.18. The summed E-state index contributed by atoms with van der Waals surface area (Å²) in [5, 5.41) is 2.33. The van der Waals surface area contributed by atoms with Crippen molar-refractivity contribution in [2.24, 2.45) is 5.73 Å². The average Bonchev–Trinajstić information content (AvgIpc) is 3.00. The van der Waals surface area contributed by atoms with Crippen molar-refractivity contribution in [3.8, 4) is 5.75 Å². The van der Waals surface area contributed by atoms with Crippen LogP contribution in [0.25, 0.3) is 10.8 Å². The first kappa shape index (κ1) is 14.4. The molecule has 0 saturated carbocycles. The monoisotopic (exact) mass is 285 g/mol. The van der Waals surface area contributed by atoms with Gasteiger partial charge in [-0.2, -0.15) is 0 Å². The van der Waals surface area contributed by atoms with Gasteiger partial charge in [-0.25, -0.2) is 0 Å². The van der Waals surface area contributed by atoms with E-state index in [2.05, 4.69) is 24.3 Å². The van der Waals surface area contributed by atoms with E-state index >= 15 is 0 Å². The Morgan fingerprint density at radius 3 is 2.90 bits per heavy atom.